The third-order valence-corrected chi connectivity index (χ3v) is 14.1. The number of aliphatic imine (C=N–C) groups is 3. The number of benzene rings is 4. The van der Waals surface area contributed by atoms with Crippen molar-refractivity contribution in [3.63, 3.8) is 0 Å². The van der Waals surface area contributed by atoms with E-state index in [2.05, 4.69) is 57.5 Å². The predicted molar refractivity (Wildman–Crippen MR) is 326 cm³/mol. The summed E-state index contributed by atoms with van der Waals surface area (Å²) in [4.78, 5) is 130. The third-order valence-electron chi connectivity index (χ3n) is 14.1. The number of amides is 8. The molecule has 0 spiro atoms. The fourth-order valence-corrected chi connectivity index (χ4v) is 9.57. The molecule has 8 amide bonds. The van der Waals surface area contributed by atoms with Gasteiger partial charge in [-0.2, -0.15) is 0 Å². The van der Waals surface area contributed by atoms with Crippen LogP contribution >= 0.6 is 0 Å². The molecule has 1 saturated heterocycles. The van der Waals surface area contributed by atoms with Crippen molar-refractivity contribution in [2.45, 2.75) is 139 Å². The number of nitrogens with zero attached hydrogens (tertiary/aromatic N) is 3. The minimum atomic E-state index is -1.40. The molecule has 0 bridgehead atoms. The number of nitrogens with one attached hydrogen (secondary N) is 8. The zero-order valence-corrected chi connectivity index (χ0v) is 48.1. The highest BCUT2D eigenvalue weighted by atomic mass is 16.2. The summed E-state index contributed by atoms with van der Waals surface area (Å²) < 4.78 is 0. The summed E-state index contributed by atoms with van der Waals surface area (Å²) in [6.45, 7) is 1.82. The highest BCUT2D eigenvalue weighted by molar-refractivity contribution is 5.99. The van der Waals surface area contributed by atoms with Gasteiger partial charge in [-0.3, -0.25) is 53.3 Å². The molecule has 0 saturated carbocycles. The molecule has 0 aliphatic carbocycles. The number of rotatable bonds is 23. The smallest absolute Gasteiger partial charge is 0.243 e. The van der Waals surface area contributed by atoms with Gasteiger partial charge in [0.05, 0.1) is 0 Å². The number of hydrogen-bond donors (Lipinski definition) is 15. The maximum Gasteiger partial charge on any atom is 0.243 e. The fourth-order valence-electron chi connectivity index (χ4n) is 9.57. The molecule has 26 heteroatoms. The van der Waals surface area contributed by atoms with E-state index in [4.69, 9.17) is 40.1 Å². The van der Waals surface area contributed by atoms with E-state index in [1.807, 2.05) is 72.8 Å². The summed E-state index contributed by atoms with van der Waals surface area (Å²) in [6.07, 6.45) is 1.29. The lowest BCUT2D eigenvalue weighted by molar-refractivity contribution is -0.136. The van der Waals surface area contributed by atoms with Crippen LogP contribution < -0.4 is 82.7 Å². The molecule has 5 rings (SSSR count). The first-order valence-electron chi connectivity index (χ1n) is 28.7. The molecule has 4 aromatic rings. The van der Waals surface area contributed by atoms with Gasteiger partial charge in [0, 0.05) is 32.5 Å². The second-order valence-electron chi connectivity index (χ2n) is 20.8. The molecule has 4 aromatic carbocycles. The number of nitrogens with two attached hydrogens (primary N) is 7. The first-order chi connectivity index (χ1) is 40.8. The molecule has 22 N–H and O–H groups in total. The molecule has 0 aromatic heterocycles. The molecule has 1 aliphatic heterocycles. The molecule has 1 aliphatic rings. The minimum absolute atomic E-state index is 0.0380. The maximum absolute atomic E-state index is 15.2. The zero-order chi connectivity index (χ0) is 61.7. The summed E-state index contributed by atoms with van der Waals surface area (Å²) in [5, 5.41) is 24.0. The van der Waals surface area contributed by atoms with Crippen LogP contribution in [0.25, 0.3) is 10.8 Å². The zero-order valence-electron chi connectivity index (χ0n) is 48.1. The van der Waals surface area contributed by atoms with Crippen LogP contribution in [0, 0.1) is 0 Å². The van der Waals surface area contributed by atoms with Crippen molar-refractivity contribution in [2.75, 3.05) is 26.2 Å². The van der Waals surface area contributed by atoms with Crippen LogP contribution in [0.3, 0.4) is 0 Å². The van der Waals surface area contributed by atoms with Crippen LogP contribution in [-0.2, 0) is 57.6 Å². The van der Waals surface area contributed by atoms with Crippen molar-refractivity contribution in [2.24, 2.45) is 55.1 Å². The largest absolute Gasteiger partial charge is 0.370 e. The Hall–Kier alpha value is -9.33. The molecule has 85 heavy (non-hydrogen) atoms. The van der Waals surface area contributed by atoms with E-state index in [0.717, 1.165) is 16.3 Å². The van der Waals surface area contributed by atoms with Crippen molar-refractivity contribution in [1.82, 2.24) is 42.5 Å². The summed E-state index contributed by atoms with van der Waals surface area (Å²) in [6, 6.07) is 20.3. The highest BCUT2D eigenvalue weighted by Gasteiger charge is 2.36. The van der Waals surface area contributed by atoms with Gasteiger partial charge in [0.15, 0.2) is 17.9 Å². The Morgan fingerprint density at radius 2 is 0.741 bits per heavy atom. The van der Waals surface area contributed by atoms with Crippen LogP contribution in [0.4, 0.5) is 0 Å². The Balaban J connectivity index is 1.65. The number of aryl methyl sites for hydroxylation is 1. The third kappa shape index (κ3) is 23.1. The van der Waals surface area contributed by atoms with E-state index in [1.54, 1.807) is 30.3 Å². The first kappa shape index (κ1) is 66.5. The van der Waals surface area contributed by atoms with Gasteiger partial charge >= 0.3 is 0 Å². The van der Waals surface area contributed by atoms with E-state index < -0.39 is 95.6 Å². The second kappa shape index (κ2) is 35.0. The predicted octanol–water partition coefficient (Wildman–Crippen LogP) is -1.54. The Kier molecular flexibility index (Phi) is 27.3. The highest BCUT2D eigenvalue weighted by Crippen LogP contribution is 2.21. The number of hydrogen-bond acceptors (Lipinski definition) is 12. The normalized spacial score (nSPS) is 21.4. The monoisotopic (exact) mass is 1170 g/mol. The van der Waals surface area contributed by atoms with Crippen molar-refractivity contribution < 1.29 is 38.4 Å². The quantitative estimate of drug-likeness (QED) is 0.0227. The second-order valence-corrected chi connectivity index (χ2v) is 20.8. The van der Waals surface area contributed by atoms with E-state index in [9.17, 15) is 33.6 Å². The molecule has 0 radical (unpaired) electrons. The van der Waals surface area contributed by atoms with Gasteiger partial charge in [0.1, 0.15) is 48.3 Å². The molecule has 458 valence electrons. The van der Waals surface area contributed by atoms with Crippen LogP contribution in [0.1, 0.15) is 87.8 Å². The number of carbonyl (C=O) groups is 8. The Morgan fingerprint density at radius 1 is 0.376 bits per heavy atom. The molecular formula is C59H84N18O8. The minimum Gasteiger partial charge on any atom is -0.370 e. The van der Waals surface area contributed by atoms with Gasteiger partial charge in [0.25, 0.3) is 0 Å². The molecule has 26 nitrogen and oxygen atoms in total. The van der Waals surface area contributed by atoms with Crippen LogP contribution in [0.15, 0.2) is 118 Å². The van der Waals surface area contributed by atoms with Gasteiger partial charge in [-0.05, 0) is 112 Å². The summed E-state index contributed by atoms with van der Waals surface area (Å²) >= 11 is 0. The Labute approximate surface area is 494 Å². The number of carbonyl (C=O) groups excluding carboxylic acids is 8. The van der Waals surface area contributed by atoms with Crippen LogP contribution in [-0.4, -0.2) is 140 Å². The molecule has 1 fully saturated rings. The van der Waals surface area contributed by atoms with Crippen molar-refractivity contribution in [1.29, 1.82) is 0 Å². The Bertz CT molecular complexity index is 2950. The first-order valence-corrected chi connectivity index (χ1v) is 28.7. The van der Waals surface area contributed by atoms with Crippen molar-refractivity contribution in [3.05, 3.63) is 120 Å². The SMILES string of the molecule is C[C@@H]1NC(=O)[C@H](CCCCN)NC(=O)[C@H](CCCN=C(N)N)NC(=O)[C@H](CCCN=C(N)N)NC(=O)[C@@H](CCCN=C(N)N)NC(=O)[C@@H](Cc2ccccc2)NC(=O)[C@H](Cc2cccc3ccccc23)NC(=O)[C@H](CCc2ccccc2)NC1=O. The van der Waals surface area contributed by atoms with Crippen LogP contribution in [0.2, 0.25) is 0 Å². The standard InChI is InChI=1S/C59H84N18O8/c1-36-49(78)71-46(29-28-37-16-4-2-5-17-37)54(83)77-48(35-40-22-12-21-39-20-8-9-23-41(39)40)56(85)76-47(34-38-18-6-3-7-19-38)55(84)75-45(27-15-33-69-59(65)66)53(82)74-44(26-14-32-68-58(63)64)52(81)73-43(25-13-31-67-57(61)62)51(80)72-42(50(79)70-36)24-10-11-30-60/h2-9,12,16-23,36,42-48H,10-11,13-15,24-35,60H2,1H3,(H,70,79)(H,71,78)(H,72,80)(H,73,81)(H,74,82)(H,75,84)(H,76,85)(H,77,83)(H4,61,62,67)(H4,63,64,68)(H4,65,66,69)/t36-,42-,43-,44-,45+,46-,47+,48-/m0/s1. The maximum atomic E-state index is 15.2. The van der Waals surface area contributed by atoms with E-state index in [0.29, 0.717) is 30.4 Å². The lowest BCUT2D eigenvalue weighted by Gasteiger charge is -2.29. The lowest BCUT2D eigenvalue weighted by Crippen LogP contribution is -2.61. The summed E-state index contributed by atoms with van der Waals surface area (Å²) in [5.74, 6) is -6.94. The van der Waals surface area contributed by atoms with Crippen molar-refractivity contribution >= 4 is 75.9 Å². The Morgan fingerprint density at radius 3 is 1.21 bits per heavy atom. The van der Waals surface area contributed by atoms with E-state index >= 15 is 4.79 Å². The summed E-state index contributed by atoms with van der Waals surface area (Å²) in [7, 11) is 0. The topological polar surface area (TPSA) is 452 Å². The molecule has 1 heterocycles. The van der Waals surface area contributed by atoms with Gasteiger partial charge in [0.2, 0.25) is 47.3 Å². The number of guanidine groups is 3. The lowest BCUT2D eigenvalue weighted by atomic mass is 9.97. The van der Waals surface area contributed by atoms with Gasteiger partial charge in [-0.1, -0.05) is 103 Å². The van der Waals surface area contributed by atoms with Crippen molar-refractivity contribution in [3.8, 4) is 0 Å². The number of fused-ring (bicyclic) bond motifs is 1. The number of unbranched alkanes of at least 4 members (excludes halogenated alkanes) is 1. The average Bonchev–Trinajstić information content (AvgIpc) is 3.53. The summed E-state index contributed by atoms with van der Waals surface area (Å²) in [5.41, 5.74) is 41.6. The average molecular weight is 1170 g/mol. The van der Waals surface area contributed by atoms with Gasteiger partial charge in [-0.25, -0.2) is 0 Å². The fraction of sp³-hybridized carbons (Fsp3) is 0.441. The van der Waals surface area contributed by atoms with Gasteiger partial charge in [-0.15, -0.1) is 0 Å². The molecule has 0 unspecified atom stereocenters. The molecular weight excluding hydrogens is 1090 g/mol. The van der Waals surface area contributed by atoms with Gasteiger partial charge < -0.3 is 82.7 Å². The van der Waals surface area contributed by atoms with Crippen LogP contribution in [0.5, 0.6) is 0 Å². The van der Waals surface area contributed by atoms with E-state index in [1.165, 1.54) is 6.92 Å². The van der Waals surface area contributed by atoms with E-state index in [-0.39, 0.29) is 108 Å². The molecule has 8 atom stereocenters.